The van der Waals surface area contributed by atoms with E-state index in [1.54, 1.807) is 37.3 Å². The standard InChI is InChI=1S/C26H22ClF6NO4/c1-2-6-16-13-18(24(36,25(28,29)30)26(31,32)33)9-12-22(16)38-20-10-11-21(27)17(14-20)15-37-23(35)34-19-7-4-3-5-8-19/h3-5,7-14,36H,2,6,15H2,1H3,(H,34,35). The number of aryl methyl sites for hydroxylation is 1. The first-order valence-corrected chi connectivity index (χ1v) is 11.6. The first-order valence-electron chi connectivity index (χ1n) is 11.2. The summed E-state index contributed by atoms with van der Waals surface area (Å²) in [5.41, 5.74) is -5.55. The van der Waals surface area contributed by atoms with Gasteiger partial charge in [0.05, 0.1) is 0 Å². The van der Waals surface area contributed by atoms with E-state index in [2.05, 4.69) is 5.32 Å². The number of ether oxygens (including phenoxy) is 2. The highest BCUT2D eigenvalue weighted by Crippen LogP contribution is 2.50. The number of hydrogen-bond donors (Lipinski definition) is 2. The first kappa shape index (κ1) is 29.1. The second-order valence-corrected chi connectivity index (χ2v) is 8.61. The normalized spacial score (nSPS) is 12.2. The van der Waals surface area contributed by atoms with Crippen molar-refractivity contribution < 1.29 is 45.7 Å². The van der Waals surface area contributed by atoms with Crippen LogP contribution in [0.2, 0.25) is 5.02 Å². The van der Waals surface area contributed by atoms with E-state index >= 15 is 0 Å². The van der Waals surface area contributed by atoms with E-state index in [0.717, 1.165) is 6.07 Å². The Morgan fingerprint density at radius 3 is 2.18 bits per heavy atom. The molecule has 204 valence electrons. The summed E-state index contributed by atoms with van der Waals surface area (Å²) in [5.74, 6) is 0.127. The van der Waals surface area contributed by atoms with Gasteiger partial charge in [-0.2, -0.15) is 26.3 Å². The van der Waals surface area contributed by atoms with Gasteiger partial charge in [0.2, 0.25) is 0 Å². The first-order chi connectivity index (χ1) is 17.8. The number of halogens is 7. The van der Waals surface area contributed by atoms with Crippen molar-refractivity contribution in [2.24, 2.45) is 0 Å². The third kappa shape index (κ3) is 6.51. The lowest BCUT2D eigenvalue weighted by Crippen LogP contribution is -2.53. The van der Waals surface area contributed by atoms with Crippen molar-refractivity contribution in [3.63, 3.8) is 0 Å². The van der Waals surface area contributed by atoms with Crippen molar-refractivity contribution >= 4 is 23.4 Å². The fourth-order valence-electron chi connectivity index (χ4n) is 3.53. The van der Waals surface area contributed by atoms with E-state index in [0.29, 0.717) is 29.8 Å². The minimum Gasteiger partial charge on any atom is -0.457 e. The largest absolute Gasteiger partial charge is 0.457 e. The van der Waals surface area contributed by atoms with E-state index in [1.165, 1.54) is 18.2 Å². The minimum atomic E-state index is -6.00. The van der Waals surface area contributed by atoms with Gasteiger partial charge in [-0.1, -0.05) is 49.2 Å². The van der Waals surface area contributed by atoms with Crippen molar-refractivity contribution in [3.8, 4) is 11.5 Å². The van der Waals surface area contributed by atoms with Crippen LogP contribution >= 0.6 is 11.6 Å². The number of aliphatic hydroxyl groups is 1. The Labute approximate surface area is 218 Å². The summed E-state index contributed by atoms with van der Waals surface area (Å²) in [6.45, 7) is 1.42. The van der Waals surface area contributed by atoms with E-state index in [4.69, 9.17) is 21.1 Å². The Kier molecular flexibility index (Phi) is 8.83. The van der Waals surface area contributed by atoms with Gasteiger partial charge >= 0.3 is 18.4 Å². The summed E-state index contributed by atoms with van der Waals surface area (Å²) in [6.07, 6.45) is -12.3. The van der Waals surface area contributed by atoms with Gasteiger partial charge in [-0.3, -0.25) is 5.32 Å². The number of rotatable bonds is 8. The zero-order valence-corrected chi connectivity index (χ0v) is 20.5. The predicted molar refractivity (Wildman–Crippen MR) is 128 cm³/mol. The van der Waals surface area contributed by atoms with Crippen molar-refractivity contribution in [3.05, 3.63) is 88.4 Å². The number of alkyl halides is 6. The smallest absolute Gasteiger partial charge is 0.430 e. The SMILES string of the molecule is CCCc1cc(C(O)(C(F)(F)F)C(F)(F)F)ccc1Oc1ccc(Cl)c(COC(=O)Nc2ccccc2)c1. The Morgan fingerprint density at radius 2 is 1.58 bits per heavy atom. The van der Waals surface area contributed by atoms with Crippen LogP contribution in [0.25, 0.3) is 0 Å². The number of para-hydroxylation sites is 1. The molecular weight excluding hydrogens is 540 g/mol. The molecule has 0 spiro atoms. The molecule has 0 aliphatic carbocycles. The zero-order chi connectivity index (χ0) is 28.1. The van der Waals surface area contributed by atoms with Gasteiger partial charge in [0.15, 0.2) is 0 Å². The molecule has 3 rings (SSSR count). The second kappa shape index (κ2) is 11.5. The quantitative estimate of drug-likeness (QED) is 0.272. The third-order valence-electron chi connectivity index (χ3n) is 5.44. The lowest BCUT2D eigenvalue weighted by molar-refractivity contribution is -0.376. The fraction of sp³-hybridized carbons (Fsp3) is 0.269. The molecule has 12 heteroatoms. The number of benzene rings is 3. The van der Waals surface area contributed by atoms with Gasteiger partial charge in [0.1, 0.15) is 18.1 Å². The molecule has 3 aromatic rings. The molecule has 0 aromatic heterocycles. The van der Waals surface area contributed by atoms with Gasteiger partial charge in [-0.25, -0.2) is 4.79 Å². The van der Waals surface area contributed by atoms with E-state index in [9.17, 15) is 36.2 Å². The van der Waals surface area contributed by atoms with Gasteiger partial charge in [0.25, 0.3) is 5.60 Å². The van der Waals surface area contributed by atoms with Gasteiger partial charge in [-0.05, 0) is 54.4 Å². The molecule has 0 atom stereocenters. The molecule has 0 radical (unpaired) electrons. The Balaban J connectivity index is 1.83. The Hall–Kier alpha value is -3.44. The van der Waals surface area contributed by atoms with Crippen molar-refractivity contribution in [2.75, 3.05) is 5.32 Å². The van der Waals surface area contributed by atoms with Crippen LogP contribution in [0.15, 0.2) is 66.7 Å². The maximum Gasteiger partial charge on any atom is 0.430 e. The van der Waals surface area contributed by atoms with E-state index < -0.39 is 29.6 Å². The van der Waals surface area contributed by atoms with Crippen molar-refractivity contribution in [2.45, 2.75) is 44.3 Å². The molecule has 0 aliphatic rings. The maximum absolute atomic E-state index is 13.3. The molecule has 0 heterocycles. The molecule has 0 bridgehead atoms. The number of nitrogens with one attached hydrogen (secondary N) is 1. The van der Waals surface area contributed by atoms with Gasteiger partial charge in [-0.15, -0.1) is 0 Å². The highest BCUT2D eigenvalue weighted by atomic mass is 35.5. The average molecular weight is 562 g/mol. The molecule has 0 aliphatic heterocycles. The van der Waals surface area contributed by atoms with Crippen LogP contribution in [0.3, 0.4) is 0 Å². The lowest BCUT2D eigenvalue weighted by Gasteiger charge is -2.33. The van der Waals surface area contributed by atoms with Gasteiger partial charge in [0, 0.05) is 21.8 Å². The predicted octanol–water partition coefficient (Wildman–Crippen LogP) is 8.15. The molecule has 1 amide bonds. The molecule has 0 unspecified atom stereocenters. The van der Waals surface area contributed by atoms with Crippen molar-refractivity contribution in [1.29, 1.82) is 0 Å². The van der Waals surface area contributed by atoms with Crippen LogP contribution in [-0.4, -0.2) is 23.6 Å². The Bertz CT molecular complexity index is 1250. The molecule has 0 saturated carbocycles. The summed E-state index contributed by atoms with van der Waals surface area (Å²) < 4.78 is 90.9. The molecular formula is C26H22ClF6NO4. The summed E-state index contributed by atoms with van der Waals surface area (Å²) in [6, 6.07) is 14.9. The fourth-order valence-corrected chi connectivity index (χ4v) is 3.70. The summed E-state index contributed by atoms with van der Waals surface area (Å²) in [4.78, 5) is 12.1. The number of carbonyl (C=O) groups excluding carboxylic acids is 1. The van der Waals surface area contributed by atoms with Crippen LogP contribution in [0.4, 0.5) is 36.8 Å². The molecule has 3 aromatic carbocycles. The Morgan fingerprint density at radius 1 is 0.921 bits per heavy atom. The average Bonchev–Trinajstić information content (AvgIpc) is 2.84. The lowest BCUT2D eigenvalue weighted by atomic mass is 9.90. The van der Waals surface area contributed by atoms with Gasteiger partial charge < -0.3 is 14.6 Å². The molecule has 0 fully saturated rings. The number of anilines is 1. The third-order valence-corrected chi connectivity index (χ3v) is 5.81. The van der Waals surface area contributed by atoms with Crippen LogP contribution in [-0.2, 0) is 23.4 Å². The minimum absolute atomic E-state index is 0.0155. The summed E-state index contributed by atoms with van der Waals surface area (Å²) in [5, 5.41) is 12.5. The summed E-state index contributed by atoms with van der Waals surface area (Å²) >= 11 is 6.17. The van der Waals surface area contributed by atoms with E-state index in [-0.39, 0.29) is 35.1 Å². The van der Waals surface area contributed by atoms with E-state index in [1.807, 2.05) is 0 Å². The van der Waals surface area contributed by atoms with Crippen LogP contribution in [0.1, 0.15) is 30.0 Å². The molecule has 38 heavy (non-hydrogen) atoms. The molecule has 2 N–H and O–H groups in total. The monoisotopic (exact) mass is 561 g/mol. The molecule has 0 saturated heterocycles. The van der Waals surface area contributed by atoms with Crippen LogP contribution < -0.4 is 10.1 Å². The number of carbonyl (C=O) groups is 1. The summed E-state index contributed by atoms with van der Waals surface area (Å²) in [7, 11) is 0. The van der Waals surface area contributed by atoms with Crippen LogP contribution in [0.5, 0.6) is 11.5 Å². The van der Waals surface area contributed by atoms with Crippen molar-refractivity contribution in [1.82, 2.24) is 0 Å². The maximum atomic E-state index is 13.3. The number of hydrogen-bond acceptors (Lipinski definition) is 4. The van der Waals surface area contributed by atoms with Crippen LogP contribution in [0, 0.1) is 0 Å². The number of amides is 1. The highest BCUT2D eigenvalue weighted by molar-refractivity contribution is 6.31. The zero-order valence-electron chi connectivity index (χ0n) is 19.8. The second-order valence-electron chi connectivity index (χ2n) is 8.20. The molecule has 5 nitrogen and oxygen atoms in total. The highest BCUT2D eigenvalue weighted by Gasteiger charge is 2.71. The topological polar surface area (TPSA) is 67.8 Å².